The van der Waals surface area contributed by atoms with Gasteiger partial charge in [-0.15, -0.1) is 0 Å². The Kier molecular flexibility index (Phi) is 6.62. The van der Waals surface area contributed by atoms with Crippen LogP contribution >= 0.6 is 23.2 Å². The molecule has 176 valence electrons. The average molecular weight is 500 g/mol. The SMILES string of the molecule is Cc1cc(C(F)(F)F)cc2c1nc(Cc1c(Cl)ccc(C(=O)NCC3CCCO3)c1Cl)n2C. The molecule has 1 aromatic heterocycles. The van der Waals surface area contributed by atoms with E-state index in [2.05, 4.69) is 10.3 Å². The second kappa shape index (κ2) is 9.16. The highest BCUT2D eigenvalue weighted by Gasteiger charge is 2.32. The summed E-state index contributed by atoms with van der Waals surface area (Å²) in [6, 6.07) is 5.29. The second-order valence-corrected chi connectivity index (χ2v) is 8.94. The molecule has 1 atom stereocenters. The third-order valence-corrected chi connectivity index (χ3v) is 6.66. The highest BCUT2D eigenvalue weighted by atomic mass is 35.5. The molecule has 0 saturated carbocycles. The first-order valence-corrected chi connectivity index (χ1v) is 11.2. The number of aromatic nitrogens is 2. The third-order valence-electron chi connectivity index (χ3n) is 5.88. The first kappa shape index (κ1) is 23.9. The van der Waals surface area contributed by atoms with Crippen molar-refractivity contribution in [3.63, 3.8) is 0 Å². The van der Waals surface area contributed by atoms with Gasteiger partial charge in [0.1, 0.15) is 5.82 Å². The van der Waals surface area contributed by atoms with Gasteiger partial charge in [-0.05, 0) is 55.2 Å². The average Bonchev–Trinajstić information content (AvgIpc) is 3.37. The van der Waals surface area contributed by atoms with Gasteiger partial charge in [-0.3, -0.25) is 4.79 Å². The number of nitrogens with one attached hydrogen (secondary N) is 1. The Morgan fingerprint density at radius 1 is 1.30 bits per heavy atom. The summed E-state index contributed by atoms with van der Waals surface area (Å²) in [6.45, 7) is 2.67. The number of hydrogen-bond acceptors (Lipinski definition) is 3. The van der Waals surface area contributed by atoms with Gasteiger partial charge in [-0.25, -0.2) is 4.98 Å². The number of alkyl halides is 3. The smallest absolute Gasteiger partial charge is 0.376 e. The molecule has 33 heavy (non-hydrogen) atoms. The summed E-state index contributed by atoms with van der Waals surface area (Å²) in [5, 5.41) is 3.36. The van der Waals surface area contributed by atoms with E-state index in [9.17, 15) is 18.0 Å². The van der Waals surface area contributed by atoms with Crippen LogP contribution in [0, 0.1) is 6.92 Å². The standard InChI is InChI=1S/C23H22Cl2F3N3O2/c1-12-8-13(23(26,27)28)9-18-21(12)30-19(31(18)2)10-16-17(24)6-5-15(20(16)25)22(32)29-11-14-4-3-7-33-14/h5-6,8-9,14H,3-4,7,10-11H2,1-2H3,(H,29,32). The van der Waals surface area contributed by atoms with Crippen molar-refractivity contribution in [2.75, 3.05) is 13.2 Å². The Balaban J connectivity index is 1.64. The van der Waals surface area contributed by atoms with E-state index in [1.807, 2.05) is 0 Å². The first-order valence-electron chi connectivity index (χ1n) is 10.5. The largest absolute Gasteiger partial charge is 0.416 e. The zero-order valence-electron chi connectivity index (χ0n) is 18.0. The van der Waals surface area contributed by atoms with Crippen molar-refractivity contribution < 1.29 is 22.7 Å². The molecule has 1 N–H and O–H groups in total. The van der Waals surface area contributed by atoms with E-state index in [0.29, 0.717) is 46.2 Å². The zero-order chi connectivity index (χ0) is 23.9. The number of carbonyl (C=O) groups is 1. The molecule has 0 aliphatic carbocycles. The number of halogens is 5. The highest BCUT2D eigenvalue weighted by molar-refractivity contribution is 6.38. The van der Waals surface area contributed by atoms with Crippen LogP contribution in [0.5, 0.6) is 0 Å². The molecule has 1 unspecified atom stereocenters. The van der Waals surface area contributed by atoms with E-state index in [1.54, 1.807) is 30.7 Å². The van der Waals surface area contributed by atoms with Crippen molar-refractivity contribution in [2.24, 2.45) is 7.05 Å². The van der Waals surface area contributed by atoms with E-state index in [-0.39, 0.29) is 29.0 Å². The van der Waals surface area contributed by atoms with Gasteiger partial charge in [0, 0.05) is 31.6 Å². The maximum atomic E-state index is 13.3. The quantitative estimate of drug-likeness (QED) is 0.489. The van der Waals surface area contributed by atoms with Gasteiger partial charge < -0.3 is 14.6 Å². The summed E-state index contributed by atoms with van der Waals surface area (Å²) in [5.41, 5.74) is 1.26. The number of imidazole rings is 1. The van der Waals surface area contributed by atoms with Crippen LogP contribution in [0.4, 0.5) is 13.2 Å². The fraction of sp³-hybridized carbons (Fsp3) is 0.391. The molecule has 0 radical (unpaired) electrons. The first-order chi connectivity index (χ1) is 15.6. The van der Waals surface area contributed by atoms with Crippen LogP contribution in [0.2, 0.25) is 10.0 Å². The lowest BCUT2D eigenvalue weighted by atomic mass is 10.1. The zero-order valence-corrected chi connectivity index (χ0v) is 19.5. The lowest BCUT2D eigenvalue weighted by Gasteiger charge is -2.14. The normalized spacial score (nSPS) is 16.5. The number of rotatable bonds is 5. The van der Waals surface area contributed by atoms with E-state index >= 15 is 0 Å². The van der Waals surface area contributed by atoms with Crippen LogP contribution in [0.15, 0.2) is 24.3 Å². The molecular formula is C23H22Cl2F3N3O2. The van der Waals surface area contributed by atoms with Gasteiger partial charge in [0.05, 0.1) is 33.3 Å². The van der Waals surface area contributed by atoms with Gasteiger partial charge >= 0.3 is 6.18 Å². The molecule has 1 aliphatic heterocycles. The van der Waals surface area contributed by atoms with Crippen LogP contribution in [-0.4, -0.2) is 34.7 Å². The van der Waals surface area contributed by atoms with Crippen LogP contribution in [0.3, 0.4) is 0 Å². The van der Waals surface area contributed by atoms with Gasteiger partial charge in [-0.2, -0.15) is 13.2 Å². The van der Waals surface area contributed by atoms with Crippen LogP contribution in [0.25, 0.3) is 11.0 Å². The predicted octanol–water partition coefficient (Wildman–Crippen LogP) is 5.71. The van der Waals surface area contributed by atoms with Gasteiger partial charge in [0.2, 0.25) is 0 Å². The summed E-state index contributed by atoms with van der Waals surface area (Å²) in [4.78, 5) is 17.2. The van der Waals surface area contributed by atoms with Crippen molar-refractivity contribution in [3.8, 4) is 0 Å². The molecule has 3 aromatic rings. The molecule has 5 nitrogen and oxygen atoms in total. The molecule has 0 bridgehead atoms. The fourth-order valence-electron chi connectivity index (χ4n) is 4.03. The third kappa shape index (κ3) is 4.83. The molecular weight excluding hydrogens is 478 g/mol. The summed E-state index contributed by atoms with van der Waals surface area (Å²) < 4.78 is 46.9. The second-order valence-electron chi connectivity index (χ2n) is 8.15. The van der Waals surface area contributed by atoms with Crippen molar-refractivity contribution in [3.05, 3.63) is 62.4 Å². The molecule has 1 fully saturated rings. The van der Waals surface area contributed by atoms with E-state index in [0.717, 1.165) is 25.0 Å². The number of fused-ring (bicyclic) bond motifs is 1. The minimum absolute atomic E-state index is 0.00989. The molecule has 0 spiro atoms. The van der Waals surface area contributed by atoms with Gasteiger partial charge in [0.15, 0.2) is 0 Å². The topological polar surface area (TPSA) is 56.1 Å². The Labute approximate surface area is 198 Å². The minimum Gasteiger partial charge on any atom is -0.376 e. The van der Waals surface area contributed by atoms with Crippen LogP contribution in [-0.2, 0) is 24.4 Å². The Bertz CT molecular complexity index is 1220. The van der Waals surface area contributed by atoms with Crippen molar-refractivity contribution in [2.45, 2.75) is 38.5 Å². The summed E-state index contributed by atoms with van der Waals surface area (Å²) in [6.07, 6.45) is -2.46. The lowest BCUT2D eigenvalue weighted by molar-refractivity contribution is -0.137. The number of amides is 1. The number of aryl methyl sites for hydroxylation is 2. The van der Waals surface area contributed by atoms with Crippen LogP contribution in [0.1, 0.15) is 45.7 Å². The monoisotopic (exact) mass is 499 g/mol. The number of nitrogens with zero attached hydrogens (tertiary/aromatic N) is 2. The van der Waals surface area contributed by atoms with E-state index < -0.39 is 11.7 Å². The van der Waals surface area contributed by atoms with Crippen molar-refractivity contribution >= 4 is 40.1 Å². The van der Waals surface area contributed by atoms with Crippen LogP contribution < -0.4 is 5.32 Å². The molecule has 2 aromatic carbocycles. The highest BCUT2D eigenvalue weighted by Crippen LogP contribution is 2.35. The Morgan fingerprint density at radius 3 is 2.73 bits per heavy atom. The molecule has 1 saturated heterocycles. The van der Waals surface area contributed by atoms with E-state index in [1.165, 1.54) is 0 Å². The van der Waals surface area contributed by atoms with Crippen molar-refractivity contribution in [1.82, 2.24) is 14.9 Å². The molecule has 2 heterocycles. The lowest BCUT2D eigenvalue weighted by Crippen LogP contribution is -2.32. The summed E-state index contributed by atoms with van der Waals surface area (Å²) in [5.74, 6) is 0.136. The molecule has 10 heteroatoms. The number of hydrogen-bond donors (Lipinski definition) is 1. The maximum absolute atomic E-state index is 13.3. The summed E-state index contributed by atoms with van der Waals surface area (Å²) >= 11 is 12.9. The number of benzene rings is 2. The molecule has 4 rings (SSSR count). The van der Waals surface area contributed by atoms with Gasteiger partial charge in [0.25, 0.3) is 5.91 Å². The number of ether oxygens (including phenoxy) is 1. The number of carbonyl (C=O) groups excluding carboxylic acids is 1. The fourth-order valence-corrected chi connectivity index (χ4v) is 4.62. The molecule has 1 aliphatic rings. The Morgan fingerprint density at radius 2 is 2.06 bits per heavy atom. The minimum atomic E-state index is -4.46. The molecule has 1 amide bonds. The predicted molar refractivity (Wildman–Crippen MR) is 121 cm³/mol. The van der Waals surface area contributed by atoms with Crippen molar-refractivity contribution in [1.29, 1.82) is 0 Å². The Hall–Kier alpha value is -2.29. The summed E-state index contributed by atoms with van der Waals surface area (Å²) in [7, 11) is 1.64. The van der Waals surface area contributed by atoms with Gasteiger partial charge in [-0.1, -0.05) is 23.2 Å². The van der Waals surface area contributed by atoms with E-state index in [4.69, 9.17) is 27.9 Å². The maximum Gasteiger partial charge on any atom is 0.416 e.